The predicted octanol–water partition coefficient (Wildman–Crippen LogP) is 2.16. The molecule has 1 aromatic heterocycles. The summed E-state index contributed by atoms with van der Waals surface area (Å²) in [5, 5.41) is 0. The van der Waals surface area contributed by atoms with E-state index in [9.17, 15) is 9.18 Å². The van der Waals surface area contributed by atoms with E-state index in [0.717, 1.165) is 5.69 Å². The van der Waals surface area contributed by atoms with E-state index in [1.54, 1.807) is 29.0 Å². The lowest BCUT2D eigenvalue weighted by Crippen LogP contribution is -1.94. The van der Waals surface area contributed by atoms with Crippen LogP contribution < -0.4 is 0 Å². The molecule has 2 heterocycles. The van der Waals surface area contributed by atoms with Gasteiger partial charge in [0.2, 0.25) is 5.78 Å². The Bertz CT molecular complexity index is 542. The van der Waals surface area contributed by atoms with Crippen molar-refractivity contribution in [3.05, 3.63) is 53.6 Å². The van der Waals surface area contributed by atoms with Crippen LogP contribution >= 0.6 is 0 Å². The number of carbonyl (C=O) groups excluding carboxylic acids is 1. The Hall–Kier alpha value is -1.90. The zero-order chi connectivity index (χ0) is 9.71. The molecule has 1 aliphatic heterocycles. The lowest BCUT2D eigenvalue weighted by atomic mass is 10.1. The van der Waals surface area contributed by atoms with Crippen LogP contribution in [-0.4, -0.2) is 10.4 Å². The highest BCUT2D eigenvalue weighted by molar-refractivity contribution is 6.13. The van der Waals surface area contributed by atoms with Crippen LogP contribution in [0.3, 0.4) is 0 Å². The topological polar surface area (TPSA) is 22.0 Å². The van der Waals surface area contributed by atoms with Gasteiger partial charge >= 0.3 is 0 Å². The average Bonchev–Trinajstić information content (AvgIpc) is 2.72. The summed E-state index contributed by atoms with van der Waals surface area (Å²) in [5.41, 5.74) is 1.81. The molecule has 14 heavy (non-hydrogen) atoms. The Labute approximate surface area is 79.6 Å². The summed E-state index contributed by atoms with van der Waals surface area (Å²) >= 11 is 0. The van der Waals surface area contributed by atoms with Crippen LogP contribution in [0, 0.1) is 5.82 Å². The molecule has 3 rings (SSSR count). The molecule has 0 bridgehead atoms. The fraction of sp³-hybridized carbons (Fsp3) is 0. The summed E-state index contributed by atoms with van der Waals surface area (Å²) in [6.07, 6.45) is 1.80. The monoisotopic (exact) mass is 187 g/mol. The first kappa shape index (κ1) is 7.50. The van der Waals surface area contributed by atoms with Gasteiger partial charge in [0.1, 0.15) is 5.82 Å². The largest absolute Gasteiger partial charge is 0.313 e. The molecule has 0 N–H and O–H groups in total. The van der Waals surface area contributed by atoms with E-state index in [2.05, 4.69) is 0 Å². The summed E-state index contributed by atoms with van der Waals surface area (Å²) < 4.78 is 14.7. The molecule has 0 saturated carbocycles. The maximum atomic E-state index is 12.9. The average molecular weight is 187 g/mol. The fourth-order valence-corrected chi connectivity index (χ4v) is 1.81. The van der Waals surface area contributed by atoms with Gasteiger partial charge in [0.15, 0.2) is 0 Å². The van der Waals surface area contributed by atoms with Crippen LogP contribution in [0.4, 0.5) is 4.39 Å². The molecule has 0 radical (unpaired) electrons. The molecule has 0 amide bonds. The van der Waals surface area contributed by atoms with Crippen molar-refractivity contribution in [2.45, 2.75) is 0 Å². The SMILES string of the molecule is O=C1c2cc(F)ccc2-n2cccc21. The molecule has 3 heteroatoms. The van der Waals surface area contributed by atoms with Crippen molar-refractivity contribution >= 4 is 5.78 Å². The molecule has 1 aromatic carbocycles. The van der Waals surface area contributed by atoms with E-state index in [-0.39, 0.29) is 11.6 Å². The summed E-state index contributed by atoms with van der Waals surface area (Å²) in [7, 11) is 0. The molecule has 68 valence electrons. The highest BCUT2D eigenvalue weighted by Crippen LogP contribution is 2.28. The van der Waals surface area contributed by atoms with Crippen LogP contribution in [0.25, 0.3) is 5.69 Å². The van der Waals surface area contributed by atoms with E-state index < -0.39 is 0 Å². The van der Waals surface area contributed by atoms with Crippen molar-refractivity contribution in [3.8, 4) is 5.69 Å². The number of nitrogens with zero attached hydrogens (tertiary/aromatic N) is 1. The van der Waals surface area contributed by atoms with Gasteiger partial charge in [0, 0.05) is 6.20 Å². The number of fused-ring (bicyclic) bond motifs is 3. The molecule has 0 unspecified atom stereocenters. The minimum absolute atomic E-state index is 0.107. The van der Waals surface area contributed by atoms with Gasteiger partial charge < -0.3 is 4.57 Å². The second-order valence-electron chi connectivity index (χ2n) is 3.25. The first-order chi connectivity index (χ1) is 6.77. The maximum absolute atomic E-state index is 12.9. The lowest BCUT2D eigenvalue weighted by molar-refractivity contribution is 0.104. The minimum atomic E-state index is -0.372. The van der Waals surface area contributed by atoms with E-state index in [1.807, 2.05) is 0 Å². The van der Waals surface area contributed by atoms with Gasteiger partial charge in [-0.25, -0.2) is 4.39 Å². The lowest BCUT2D eigenvalue weighted by Gasteiger charge is -1.99. The molecule has 2 nitrogen and oxygen atoms in total. The van der Waals surface area contributed by atoms with Gasteiger partial charge in [-0.05, 0) is 30.3 Å². The van der Waals surface area contributed by atoms with E-state index in [1.165, 1.54) is 12.1 Å². The number of hydrogen-bond donors (Lipinski definition) is 0. The van der Waals surface area contributed by atoms with E-state index in [0.29, 0.717) is 11.3 Å². The molecule has 0 aliphatic carbocycles. The third-order valence-electron chi connectivity index (χ3n) is 2.44. The maximum Gasteiger partial charge on any atom is 0.211 e. The first-order valence-corrected chi connectivity index (χ1v) is 4.29. The Morgan fingerprint density at radius 1 is 1.21 bits per heavy atom. The second-order valence-corrected chi connectivity index (χ2v) is 3.25. The van der Waals surface area contributed by atoms with Crippen LogP contribution in [0.5, 0.6) is 0 Å². The number of benzene rings is 1. The van der Waals surface area contributed by atoms with Crippen molar-refractivity contribution in [2.75, 3.05) is 0 Å². The standard InChI is InChI=1S/C11H6FNO/c12-7-3-4-9-8(6-7)11(14)10-2-1-5-13(9)10/h1-6H. The number of hydrogen-bond acceptors (Lipinski definition) is 1. The molecule has 1 aliphatic rings. The Balaban J connectivity index is 2.38. The Kier molecular flexibility index (Phi) is 1.24. The van der Waals surface area contributed by atoms with E-state index >= 15 is 0 Å². The summed E-state index contributed by atoms with van der Waals surface area (Å²) in [6, 6.07) is 7.81. The molecule has 0 spiro atoms. The molecule has 0 atom stereocenters. The summed E-state index contributed by atoms with van der Waals surface area (Å²) in [6.45, 7) is 0. The van der Waals surface area contributed by atoms with Crippen molar-refractivity contribution < 1.29 is 9.18 Å². The molecule has 0 saturated heterocycles. The highest BCUT2D eigenvalue weighted by atomic mass is 19.1. The summed E-state index contributed by atoms with van der Waals surface area (Å²) in [4.78, 5) is 11.7. The first-order valence-electron chi connectivity index (χ1n) is 4.29. The van der Waals surface area contributed by atoms with Crippen molar-refractivity contribution in [3.63, 3.8) is 0 Å². The molecular formula is C11H6FNO. The van der Waals surface area contributed by atoms with Gasteiger partial charge in [-0.2, -0.15) is 0 Å². The quantitative estimate of drug-likeness (QED) is 0.528. The number of halogens is 1. The fourth-order valence-electron chi connectivity index (χ4n) is 1.81. The minimum Gasteiger partial charge on any atom is -0.313 e. The second kappa shape index (κ2) is 2.32. The van der Waals surface area contributed by atoms with Crippen molar-refractivity contribution in [2.24, 2.45) is 0 Å². The van der Waals surface area contributed by atoms with Crippen LogP contribution in [0.2, 0.25) is 0 Å². The predicted molar refractivity (Wildman–Crippen MR) is 49.2 cm³/mol. The molecule has 2 aromatic rings. The van der Waals surface area contributed by atoms with Gasteiger partial charge in [0.25, 0.3) is 0 Å². The van der Waals surface area contributed by atoms with Gasteiger partial charge in [0.05, 0.1) is 16.9 Å². The van der Waals surface area contributed by atoms with Crippen molar-refractivity contribution in [1.29, 1.82) is 0 Å². The molecular weight excluding hydrogens is 181 g/mol. The third-order valence-corrected chi connectivity index (χ3v) is 2.44. The van der Waals surface area contributed by atoms with Crippen molar-refractivity contribution in [1.82, 2.24) is 4.57 Å². The van der Waals surface area contributed by atoms with Gasteiger partial charge in [-0.15, -0.1) is 0 Å². The molecule has 0 fully saturated rings. The number of aromatic nitrogens is 1. The third kappa shape index (κ3) is 0.763. The smallest absolute Gasteiger partial charge is 0.211 e. The number of ketones is 1. The highest BCUT2D eigenvalue weighted by Gasteiger charge is 2.25. The van der Waals surface area contributed by atoms with Crippen LogP contribution in [-0.2, 0) is 0 Å². The van der Waals surface area contributed by atoms with Crippen LogP contribution in [0.1, 0.15) is 16.1 Å². The zero-order valence-corrected chi connectivity index (χ0v) is 7.20. The normalized spacial score (nSPS) is 12.8. The van der Waals surface area contributed by atoms with Gasteiger partial charge in [-0.1, -0.05) is 0 Å². The Morgan fingerprint density at radius 3 is 2.93 bits per heavy atom. The van der Waals surface area contributed by atoms with Gasteiger partial charge in [-0.3, -0.25) is 4.79 Å². The van der Waals surface area contributed by atoms with Crippen LogP contribution in [0.15, 0.2) is 36.5 Å². The number of carbonyl (C=O) groups is 1. The Morgan fingerprint density at radius 2 is 2.07 bits per heavy atom. The summed E-state index contributed by atoms with van der Waals surface area (Å²) in [5.74, 6) is -0.479. The zero-order valence-electron chi connectivity index (χ0n) is 7.20. The number of rotatable bonds is 0. The van der Waals surface area contributed by atoms with E-state index in [4.69, 9.17) is 0 Å².